The maximum atomic E-state index is 11.5. The van der Waals surface area contributed by atoms with Crippen molar-refractivity contribution >= 4 is 5.78 Å². The molecule has 1 fully saturated rings. The van der Waals surface area contributed by atoms with Crippen LogP contribution in [0.4, 0.5) is 0 Å². The second-order valence-electron chi connectivity index (χ2n) is 5.60. The molecule has 1 N–H and O–H groups in total. The average Bonchev–Trinajstić information content (AvgIpc) is 2.42. The summed E-state index contributed by atoms with van der Waals surface area (Å²) >= 11 is 0. The molecular formula is C13H25NO2. The summed E-state index contributed by atoms with van der Waals surface area (Å²) in [7, 11) is 0. The number of carbonyl (C=O) groups excluding carboxylic acids is 1. The van der Waals surface area contributed by atoms with Crippen LogP contribution >= 0.6 is 0 Å². The fourth-order valence-electron chi connectivity index (χ4n) is 2.27. The number of ketones is 1. The van der Waals surface area contributed by atoms with E-state index in [4.69, 9.17) is 0 Å². The van der Waals surface area contributed by atoms with Crippen LogP contribution in [-0.4, -0.2) is 41.5 Å². The highest BCUT2D eigenvalue weighted by Crippen LogP contribution is 2.23. The van der Waals surface area contributed by atoms with Crippen molar-refractivity contribution in [3.8, 4) is 0 Å². The molecule has 1 saturated heterocycles. The summed E-state index contributed by atoms with van der Waals surface area (Å²) in [6.07, 6.45) is 4.69. The molecule has 3 heteroatoms. The first-order chi connectivity index (χ1) is 7.47. The van der Waals surface area contributed by atoms with Gasteiger partial charge in [-0.05, 0) is 26.3 Å². The predicted octanol–water partition coefficient (Wildman–Crippen LogP) is 1.84. The number of carbonyl (C=O) groups is 1. The zero-order valence-corrected chi connectivity index (χ0v) is 10.8. The van der Waals surface area contributed by atoms with Gasteiger partial charge in [-0.1, -0.05) is 26.7 Å². The first-order valence-electron chi connectivity index (χ1n) is 6.33. The number of likely N-dealkylation sites (tertiary alicyclic amines) is 1. The second-order valence-corrected chi connectivity index (χ2v) is 5.60. The molecule has 0 spiro atoms. The predicted molar refractivity (Wildman–Crippen MR) is 65.4 cm³/mol. The maximum absolute atomic E-state index is 11.5. The number of aliphatic hydroxyl groups is 1. The smallest absolute Gasteiger partial charge is 0.136 e. The highest BCUT2D eigenvalue weighted by Gasteiger charge is 2.30. The summed E-state index contributed by atoms with van der Waals surface area (Å²) in [5.41, 5.74) is -0.294. The Morgan fingerprint density at radius 1 is 1.38 bits per heavy atom. The molecule has 1 aliphatic heterocycles. The Morgan fingerprint density at radius 3 is 2.62 bits per heavy atom. The minimum atomic E-state index is -0.294. The van der Waals surface area contributed by atoms with E-state index in [2.05, 4.69) is 4.90 Å². The van der Waals surface area contributed by atoms with E-state index in [1.165, 1.54) is 19.3 Å². The molecule has 0 radical (unpaired) electrons. The van der Waals surface area contributed by atoms with Gasteiger partial charge in [-0.2, -0.15) is 0 Å². The zero-order chi connectivity index (χ0) is 12.2. The third kappa shape index (κ3) is 3.56. The maximum Gasteiger partial charge on any atom is 0.136 e. The summed E-state index contributed by atoms with van der Waals surface area (Å²) in [6.45, 7) is 7.65. The van der Waals surface area contributed by atoms with Gasteiger partial charge in [0.1, 0.15) is 5.78 Å². The molecule has 1 rings (SSSR count). The molecule has 0 bridgehead atoms. The summed E-state index contributed by atoms with van der Waals surface area (Å²) < 4.78 is 0. The zero-order valence-electron chi connectivity index (χ0n) is 10.8. The third-order valence-electron chi connectivity index (χ3n) is 3.76. The van der Waals surface area contributed by atoms with Crippen LogP contribution in [0.3, 0.4) is 0 Å². The Kier molecular flexibility index (Phi) is 4.93. The molecule has 0 aromatic carbocycles. The minimum Gasteiger partial charge on any atom is -0.395 e. The first-order valence-corrected chi connectivity index (χ1v) is 6.33. The lowest BCUT2D eigenvalue weighted by Crippen LogP contribution is -2.45. The normalized spacial score (nSPS) is 24.1. The van der Waals surface area contributed by atoms with Crippen LogP contribution in [0.1, 0.15) is 46.5 Å². The number of Topliss-reactive ketones (excluding diaryl/α,β-unsaturated/α-hetero) is 1. The van der Waals surface area contributed by atoms with Crippen LogP contribution in [0.15, 0.2) is 0 Å². The van der Waals surface area contributed by atoms with E-state index in [0.29, 0.717) is 0 Å². The summed E-state index contributed by atoms with van der Waals surface area (Å²) in [6, 6.07) is 0.251. The van der Waals surface area contributed by atoms with Gasteiger partial charge in [-0.3, -0.25) is 9.69 Å². The van der Waals surface area contributed by atoms with Gasteiger partial charge in [-0.25, -0.2) is 0 Å². The van der Waals surface area contributed by atoms with Crippen molar-refractivity contribution in [1.82, 2.24) is 4.90 Å². The van der Waals surface area contributed by atoms with Crippen molar-refractivity contribution in [1.29, 1.82) is 0 Å². The van der Waals surface area contributed by atoms with E-state index < -0.39 is 0 Å². The largest absolute Gasteiger partial charge is 0.395 e. The lowest BCUT2D eigenvalue weighted by Gasteiger charge is -2.34. The molecule has 1 atom stereocenters. The molecule has 3 nitrogen and oxygen atoms in total. The van der Waals surface area contributed by atoms with Crippen LogP contribution in [0.25, 0.3) is 0 Å². The number of aliphatic hydroxyl groups excluding tert-OH is 1. The van der Waals surface area contributed by atoms with Crippen molar-refractivity contribution in [2.24, 2.45) is 5.41 Å². The van der Waals surface area contributed by atoms with Crippen molar-refractivity contribution in [2.75, 3.05) is 19.7 Å². The van der Waals surface area contributed by atoms with E-state index in [0.717, 1.165) is 19.5 Å². The minimum absolute atomic E-state index is 0.216. The standard InChI is InChI=1S/C13H25NO2/c1-11(16)13(2,3)10-14-8-6-4-5-7-12(14)9-15/h12,15H,4-10H2,1-3H3. The lowest BCUT2D eigenvalue weighted by molar-refractivity contribution is -0.126. The Balaban J connectivity index is 2.64. The Hall–Kier alpha value is -0.410. The van der Waals surface area contributed by atoms with Gasteiger partial charge >= 0.3 is 0 Å². The molecule has 94 valence electrons. The Bertz CT molecular complexity index is 238. The quantitative estimate of drug-likeness (QED) is 0.796. The SMILES string of the molecule is CC(=O)C(C)(C)CN1CCCCCC1CO. The fourth-order valence-corrected chi connectivity index (χ4v) is 2.27. The molecule has 1 aliphatic rings. The van der Waals surface area contributed by atoms with Crippen molar-refractivity contribution in [3.63, 3.8) is 0 Å². The second kappa shape index (κ2) is 5.78. The van der Waals surface area contributed by atoms with Crippen LogP contribution in [0, 0.1) is 5.41 Å². The molecule has 0 amide bonds. The average molecular weight is 227 g/mol. The molecule has 16 heavy (non-hydrogen) atoms. The summed E-state index contributed by atoms with van der Waals surface area (Å²) in [4.78, 5) is 13.8. The molecule has 1 unspecified atom stereocenters. The highest BCUT2D eigenvalue weighted by atomic mass is 16.3. The van der Waals surface area contributed by atoms with E-state index in [1.54, 1.807) is 6.92 Å². The van der Waals surface area contributed by atoms with E-state index in [-0.39, 0.29) is 23.8 Å². The molecule has 0 saturated carbocycles. The van der Waals surface area contributed by atoms with E-state index in [1.807, 2.05) is 13.8 Å². The summed E-state index contributed by atoms with van der Waals surface area (Å²) in [5, 5.41) is 9.40. The fraction of sp³-hybridized carbons (Fsp3) is 0.923. The van der Waals surface area contributed by atoms with Gasteiger partial charge in [0, 0.05) is 18.0 Å². The van der Waals surface area contributed by atoms with Gasteiger partial charge in [0.2, 0.25) is 0 Å². The van der Waals surface area contributed by atoms with Gasteiger partial charge in [-0.15, -0.1) is 0 Å². The monoisotopic (exact) mass is 227 g/mol. The van der Waals surface area contributed by atoms with E-state index in [9.17, 15) is 9.90 Å². The van der Waals surface area contributed by atoms with Crippen LogP contribution in [-0.2, 0) is 4.79 Å². The third-order valence-corrected chi connectivity index (χ3v) is 3.76. The van der Waals surface area contributed by atoms with Gasteiger partial charge in [0.05, 0.1) is 6.61 Å². The van der Waals surface area contributed by atoms with Crippen molar-refractivity contribution < 1.29 is 9.90 Å². The first kappa shape index (κ1) is 13.7. The molecular weight excluding hydrogens is 202 g/mol. The number of rotatable bonds is 4. The number of hydrogen-bond donors (Lipinski definition) is 1. The van der Waals surface area contributed by atoms with Gasteiger partial charge in [0.25, 0.3) is 0 Å². The molecule has 1 heterocycles. The topological polar surface area (TPSA) is 40.5 Å². The van der Waals surface area contributed by atoms with Crippen LogP contribution in [0.2, 0.25) is 0 Å². The molecule has 0 aromatic heterocycles. The summed E-state index contributed by atoms with van der Waals surface area (Å²) in [5.74, 6) is 0.230. The molecule has 0 aliphatic carbocycles. The van der Waals surface area contributed by atoms with E-state index >= 15 is 0 Å². The van der Waals surface area contributed by atoms with Gasteiger partial charge in [0.15, 0.2) is 0 Å². The van der Waals surface area contributed by atoms with Crippen molar-refractivity contribution in [3.05, 3.63) is 0 Å². The van der Waals surface area contributed by atoms with Crippen LogP contribution < -0.4 is 0 Å². The Labute approximate surface area is 98.8 Å². The molecule has 0 aromatic rings. The van der Waals surface area contributed by atoms with Crippen LogP contribution in [0.5, 0.6) is 0 Å². The van der Waals surface area contributed by atoms with Gasteiger partial charge < -0.3 is 5.11 Å². The number of hydrogen-bond acceptors (Lipinski definition) is 3. The van der Waals surface area contributed by atoms with Crippen molar-refractivity contribution in [2.45, 2.75) is 52.5 Å². The number of nitrogens with zero attached hydrogens (tertiary/aromatic N) is 1. The Morgan fingerprint density at radius 2 is 2.06 bits per heavy atom. The lowest BCUT2D eigenvalue weighted by atomic mass is 9.87. The highest BCUT2D eigenvalue weighted by molar-refractivity contribution is 5.81.